The number of benzene rings is 3. The molecule has 0 bridgehead atoms. The molecule has 4 rings (SSSR count). The van der Waals surface area contributed by atoms with Crippen molar-refractivity contribution < 1.29 is 12.3 Å². The van der Waals surface area contributed by atoms with E-state index in [1.165, 1.54) is 0 Å². The van der Waals surface area contributed by atoms with Crippen LogP contribution in [0.25, 0.3) is 0 Å². The maximum absolute atomic E-state index is 7.02. The lowest BCUT2D eigenvalue weighted by atomic mass is 10.4. The second-order valence-electron chi connectivity index (χ2n) is 7.37. The molecule has 6 heteroatoms. The van der Waals surface area contributed by atoms with Gasteiger partial charge in [0.1, 0.15) is 0 Å². The summed E-state index contributed by atoms with van der Waals surface area (Å²) >= 11 is 0. The lowest BCUT2D eigenvalue weighted by Crippen LogP contribution is -2.79. The van der Waals surface area contributed by atoms with Gasteiger partial charge in [-0.05, 0) is 35.2 Å². The summed E-state index contributed by atoms with van der Waals surface area (Å²) in [5, 5.41) is 3.42. The molecule has 0 saturated carbocycles. The highest BCUT2D eigenvalue weighted by Gasteiger charge is 2.60. The van der Waals surface area contributed by atoms with E-state index in [9.17, 15) is 0 Å². The van der Waals surface area contributed by atoms with Gasteiger partial charge in [-0.25, -0.2) is 0 Å². The summed E-state index contributed by atoms with van der Waals surface area (Å²) < 4.78 is 20.5. The molecule has 1 fully saturated rings. The smallest absolute Gasteiger partial charge is 0.389 e. The molecule has 1 atom stereocenters. The van der Waals surface area contributed by atoms with E-state index in [2.05, 4.69) is 92.4 Å². The molecule has 0 aliphatic carbocycles. The van der Waals surface area contributed by atoms with E-state index in [0.29, 0.717) is 0 Å². The molecule has 1 saturated heterocycles. The van der Waals surface area contributed by atoms with Gasteiger partial charge in [-0.15, -0.1) is 0 Å². The first-order valence-electron chi connectivity index (χ1n) is 9.21. The monoisotopic (exact) mass is 408 g/mol. The summed E-state index contributed by atoms with van der Waals surface area (Å²) in [6.45, 7) is 6.43. The van der Waals surface area contributed by atoms with Crippen molar-refractivity contribution in [2.45, 2.75) is 19.6 Å². The maximum atomic E-state index is 7.02. The molecule has 0 spiro atoms. The summed E-state index contributed by atoms with van der Waals surface area (Å²) in [7, 11) is -7.95. The molecule has 0 aromatic heterocycles. The zero-order valence-electron chi connectivity index (χ0n) is 15.9. The van der Waals surface area contributed by atoms with Gasteiger partial charge in [0.25, 0.3) is 0 Å². The molecular weight excluding hydrogens is 384 g/mol. The van der Waals surface area contributed by atoms with Gasteiger partial charge in [-0.3, -0.25) is 0 Å². The largest absolute Gasteiger partial charge is 0.412 e. The van der Waals surface area contributed by atoms with E-state index in [1.54, 1.807) is 0 Å². The van der Waals surface area contributed by atoms with Crippen LogP contribution in [0.3, 0.4) is 0 Å². The zero-order valence-corrected chi connectivity index (χ0v) is 18.9. The molecule has 3 nitrogen and oxygen atoms in total. The van der Waals surface area contributed by atoms with Gasteiger partial charge >= 0.3 is 25.7 Å². The van der Waals surface area contributed by atoms with Crippen molar-refractivity contribution in [2.75, 3.05) is 0 Å². The lowest BCUT2D eigenvalue weighted by molar-refractivity contribution is 0.252. The quantitative estimate of drug-likeness (QED) is 0.624. The zero-order chi connectivity index (χ0) is 19.0. The van der Waals surface area contributed by atoms with Gasteiger partial charge in [0, 0.05) is 0 Å². The van der Waals surface area contributed by atoms with Gasteiger partial charge in [-0.2, -0.15) is 0 Å². The minimum atomic E-state index is -2.89. The molecule has 1 unspecified atom stereocenters. The molecule has 3 aromatic carbocycles. The van der Waals surface area contributed by atoms with Crippen LogP contribution >= 0.6 is 0 Å². The van der Waals surface area contributed by atoms with Crippen molar-refractivity contribution in [2.24, 2.45) is 0 Å². The standard InChI is InChI=1S/C21H24O3Si3/c1-25(2)22-26(3,19-13-7-4-8-14-19)24-27(23-25,20-15-9-5-10-16-20)21-17-11-6-12-18-21/h4-18H,1-3H3. The number of rotatable bonds is 3. The van der Waals surface area contributed by atoms with Gasteiger partial charge in [0.2, 0.25) is 0 Å². The van der Waals surface area contributed by atoms with Crippen LogP contribution in [-0.2, 0) is 12.3 Å². The van der Waals surface area contributed by atoms with Crippen LogP contribution in [0, 0.1) is 0 Å². The summed E-state index contributed by atoms with van der Waals surface area (Å²) in [6, 6.07) is 31.2. The minimum absolute atomic E-state index is 1.13. The molecule has 1 aliphatic heterocycles. The van der Waals surface area contributed by atoms with Crippen molar-refractivity contribution in [1.82, 2.24) is 0 Å². The number of hydrogen-bond donors (Lipinski definition) is 0. The molecule has 1 heterocycles. The fourth-order valence-corrected chi connectivity index (χ4v) is 19.3. The first-order chi connectivity index (χ1) is 12.9. The van der Waals surface area contributed by atoms with E-state index < -0.39 is 25.7 Å². The second-order valence-corrected chi connectivity index (χ2v) is 17.5. The summed E-state index contributed by atoms with van der Waals surface area (Å²) in [5.41, 5.74) is 0. The van der Waals surface area contributed by atoms with E-state index >= 15 is 0 Å². The van der Waals surface area contributed by atoms with Gasteiger partial charge in [0.05, 0.1) is 0 Å². The molecule has 0 radical (unpaired) electrons. The average molecular weight is 409 g/mol. The predicted octanol–water partition coefficient (Wildman–Crippen LogP) is 2.99. The van der Waals surface area contributed by atoms with Crippen molar-refractivity contribution in [3.8, 4) is 0 Å². The normalized spacial score (nSPS) is 23.7. The van der Waals surface area contributed by atoms with Crippen LogP contribution in [0.5, 0.6) is 0 Å². The third-order valence-corrected chi connectivity index (χ3v) is 17.7. The molecule has 0 N–H and O–H groups in total. The topological polar surface area (TPSA) is 27.7 Å². The van der Waals surface area contributed by atoms with E-state index in [0.717, 1.165) is 15.6 Å². The third kappa shape index (κ3) is 3.52. The average Bonchev–Trinajstić information content (AvgIpc) is 2.68. The second kappa shape index (κ2) is 6.97. The summed E-state index contributed by atoms with van der Waals surface area (Å²) in [6.07, 6.45) is 0. The Morgan fingerprint density at radius 2 is 0.889 bits per heavy atom. The van der Waals surface area contributed by atoms with Crippen LogP contribution in [0.1, 0.15) is 0 Å². The Bertz CT molecular complexity index is 864. The SMILES string of the molecule is C[Si]1(C)O[Si](C)(c2ccccc2)O[Si](c2ccccc2)(c2ccccc2)O1. The third-order valence-electron chi connectivity index (χ3n) is 4.77. The van der Waals surface area contributed by atoms with Crippen LogP contribution in [-0.4, -0.2) is 25.7 Å². The Balaban J connectivity index is 1.93. The Morgan fingerprint density at radius 3 is 1.33 bits per heavy atom. The Kier molecular flexibility index (Phi) is 4.79. The molecule has 0 amide bonds. The highest BCUT2D eigenvalue weighted by atomic mass is 28.5. The minimum Gasteiger partial charge on any atom is -0.412 e. The fraction of sp³-hybridized carbons (Fsp3) is 0.143. The number of hydrogen-bond acceptors (Lipinski definition) is 3. The van der Waals surface area contributed by atoms with Crippen LogP contribution in [0.15, 0.2) is 91.0 Å². The van der Waals surface area contributed by atoms with E-state index in [-0.39, 0.29) is 0 Å². The first kappa shape index (κ1) is 18.5. The fourth-order valence-electron chi connectivity index (χ4n) is 3.73. The van der Waals surface area contributed by atoms with Crippen LogP contribution < -0.4 is 15.6 Å². The molecule has 1 aliphatic rings. The van der Waals surface area contributed by atoms with Gasteiger partial charge in [0.15, 0.2) is 0 Å². The summed E-state index contributed by atoms with van der Waals surface area (Å²) in [4.78, 5) is 0. The van der Waals surface area contributed by atoms with Crippen molar-refractivity contribution in [3.05, 3.63) is 91.0 Å². The highest BCUT2D eigenvalue weighted by molar-refractivity contribution is 7.07. The summed E-state index contributed by atoms with van der Waals surface area (Å²) in [5.74, 6) is 0. The first-order valence-corrected chi connectivity index (χ1v) is 16.2. The Morgan fingerprint density at radius 1 is 0.481 bits per heavy atom. The van der Waals surface area contributed by atoms with Crippen molar-refractivity contribution in [1.29, 1.82) is 0 Å². The van der Waals surface area contributed by atoms with Gasteiger partial charge < -0.3 is 12.3 Å². The van der Waals surface area contributed by atoms with E-state index in [1.807, 2.05) is 18.2 Å². The van der Waals surface area contributed by atoms with Gasteiger partial charge in [-0.1, -0.05) is 91.0 Å². The molecule has 27 heavy (non-hydrogen) atoms. The molecular formula is C21H24O3Si3. The van der Waals surface area contributed by atoms with E-state index in [4.69, 9.17) is 12.3 Å². The van der Waals surface area contributed by atoms with Crippen LogP contribution in [0.2, 0.25) is 19.6 Å². The van der Waals surface area contributed by atoms with Crippen molar-refractivity contribution >= 4 is 41.2 Å². The predicted molar refractivity (Wildman–Crippen MR) is 116 cm³/mol. The lowest BCUT2D eigenvalue weighted by Gasteiger charge is -2.50. The molecule has 3 aromatic rings. The Labute approximate surface area is 164 Å². The maximum Gasteiger partial charge on any atom is 0.389 e. The Hall–Kier alpha value is -1.81. The molecule has 138 valence electrons. The van der Waals surface area contributed by atoms with Crippen LogP contribution in [0.4, 0.5) is 0 Å². The van der Waals surface area contributed by atoms with Crippen molar-refractivity contribution in [3.63, 3.8) is 0 Å². The highest BCUT2D eigenvalue weighted by Crippen LogP contribution is 2.30.